The van der Waals surface area contributed by atoms with Gasteiger partial charge in [0.25, 0.3) is 0 Å². The van der Waals surface area contributed by atoms with Crippen LogP contribution in [0.15, 0.2) is 9.93 Å². The average Bonchev–Trinajstić information content (AvgIpc) is 2.88. The molecule has 0 aromatic heterocycles. The second kappa shape index (κ2) is 3.65. The second-order valence-electron chi connectivity index (χ2n) is 3.82. The SMILES string of the molecule is CNC1SC(S(N)(=O)=O)=C(C)N1C1CC1. The summed E-state index contributed by atoms with van der Waals surface area (Å²) in [6, 6.07) is 0.481. The van der Waals surface area contributed by atoms with Gasteiger partial charge in [0, 0.05) is 11.7 Å². The van der Waals surface area contributed by atoms with Gasteiger partial charge in [0.05, 0.1) is 0 Å². The molecular weight excluding hydrogens is 234 g/mol. The number of primary sulfonamides is 1. The second-order valence-corrected chi connectivity index (χ2v) is 6.66. The molecule has 1 atom stereocenters. The molecule has 0 radical (unpaired) electrons. The fourth-order valence-corrected chi connectivity index (χ4v) is 4.18. The highest BCUT2D eigenvalue weighted by Gasteiger charge is 2.42. The lowest BCUT2D eigenvalue weighted by atomic mass is 10.4. The third-order valence-corrected chi connectivity index (χ3v) is 5.59. The fourth-order valence-electron chi connectivity index (χ4n) is 1.81. The highest BCUT2D eigenvalue weighted by Crippen LogP contribution is 2.44. The zero-order chi connectivity index (χ0) is 11.2. The van der Waals surface area contributed by atoms with E-state index in [1.54, 1.807) is 0 Å². The number of hydrogen-bond donors (Lipinski definition) is 2. The van der Waals surface area contributed by atoms with Crippen molar-refractivity contribution in [1.82, 2.24) is 10.2 Å². The van der Waals surface area contributed by atoms with E-state index in [-0.39, 0.29) is 5.50 Å². The molecule has 0 aromatic carbocycles. The number of hydrogen-bond acceptors (Lipinski definition) is 5. The smallest absolute Gasteiger partial charge is 0.245 e. The van der Waals surface area contributed by atoms with Gasteiger partial charge in [-0.3, -0.25) is 5.32 Å². The molecule has 2 rings (SSSR count). The molecule has 0 amide bonds. The van der Waals surface area contributed by atoms with Crippen molar-refractivity contribution in [3.8, 4) is 0 Å². The van der Waals surface area contributed by atoms with Crippen LogP contribution in [0.25, 0.3) is 0 Å². The lowest BCUT2D eigenvalue weighted by Crippen LogP contribution is -2.38. The molecular formula is C8H15N3O2S2. The number of thioether (sulfide) groups is 1. The van der Waals surface area contributed by atoms with Crippen molar-refractivity contribution in [1.29, 1.82) is 0 Å². The number of nitrogens with two attached hydrogens (primary N) is 1. The summed E-state index contributed by atoms with van der Waals surface area (Å²) in [6.07, 6.45) is 2.27. The predicted molar refractivity (Wildman–Crippen MR) is 61.1 cm³/mol. The molecule has 3 N–H and O–H groups in total. The Morgan fingerprint density at radius 3 is 2.53 bits per heavy atom. The topological polar surface area (TPSA) is 75.4 Å². The van der Waals surface area contributed by atoms with Crippen molar-refractivity contribution in [3.05, 3.63) is 9.93 Å². The molecule has 1 aliphatic carbocycles. The minimum Gasteiger partial charge on any atom is -0.346 e. The largest absolute Gasteiger partial charge is 0.346 e. The minimum atomic E-state index is -3.57. The maximum Gasteiger partial charge on any atom is 0.245 e. The summed E-state index contributed by atoms with van der Waals surface area (Å²) in [5.74, 6) is 0. The van der Waals surface area contributed by atoms with E-state index in [4.69, 9.17) is 5.14 Å². The Labute approximate surface area is 94.1 Å². The van der Waals surface area contributed by atoms with Crippen molar-refractivity contribution >= 4 is 21.8 Å². The Morgan fingerprint density at radius 2 is 2.13 bits per heavy atom. The van der Waals surface area contributed by atoms with Gasteiger partial charge in [-0.2, -0.15) is 0 Å². The third kappa shape index (κ3) is 2.01. The van der Waals surface area contributed by atoms with Crippen molar-refractivity contribution in [2.24, 2.45) is 5.14 Å². The molecule has 1 aliphatic heterocycles. The lowest BCUT2D eigenvalue weighted by molar-refractivity contribution is 0.297. The van der Waals surface area contributed by atoms with Crippen LogP contribution in [0.2, 0.25) is 0 Å². The van der Waals surface area contributed by atoms with Gasteiger partial charge in [-0.25, -0.2) is 13.6 Å². The van der Waals surface area contributed by atoms with Crippen molar-refractivity contribution < 1.29 is 8.42 Å². The number of rotatable bonds is 3. The normalized spacial score (nSPS) is 27.7. The number of sulfonamides is 1. The summed E-state index contributed by atoms with van der Waals surface area (Å²) in [5, 5.41) is 8.26. The van der Waals surface area contributed by atoms with Crippen molar-refractivity contribution in [2.75, 3.05) is 7.05 Å². The first kappa shape index (κ1) is 11.3. The van der Waals surface area contributed by atoms with Gasteiger partial charge in [-0.05, 0) is 26.8 Å². The van der Waals surface area contributed by atoms with Crippen LogP contribution >= 0.6 is 11.8 Å². The molecule has 1 fully saturated rings. The zero-order valence-corrected chi connectivity index (χ0v) is 10.4. The summed E-state index contributed by atoms with van der Waals surface area (Å²) in [6.45, 7) is 1.82. The Balaban J connectivity index is 2.33. The fraction of sp³-hybridized carbons (Fsp3) is 0.750. The van der Waals surface area contributed by atoms with Gasteiger partial charge in [0.15, 0.2) is 0 Å². The lowest BCUT2D eigenvalue weighted by Gasteiger charge is -2.26. The molecule has 0 saturated heterocycles. The highest BCUT2D eigenvalue weighted by atomic mass is 32.3. The Kier molecular flexibility index (Phi) is 2.74. The van der Waals surface area contributed by atoms with Crippen molar-refractivity contribution in [2.45, 2.75) is 31.3 Å². The first-order chi connectivity index (χ1) is 6.95. The molecule has 5 nitrogen and oxygen atoms in total. The molecule has 86 valence electrons. The van der Waals surface area contributed by atoms with Crippen LogP contribution in [0.1, 0.15) is 19.8 Å². The van der Waals surface area contributed by atoms with E-state index in [1.807, 2.05) is 14.0 Å². The molecule has 2 aliphatic rings. The molecule has 1 heterocycles. The van der Waals surface area contributed by atoms with Crippen LogP contribution in [-0.4, -0.2) is 31.9 Å². The minimum absolute atomic E-state index is 0.00539. The quantitative estimate of drug-likeness (QED) is 0.746. The van der Waals surface area contributed by atoms with E-state index < -0.39 is 10.0 Å². The van der Waals surface area contributed by atoms with Gasteiger partial charge >= 0.3 is 0 Å². The van der Waals surface area contributed by atoms with E-state index in [1.165, 1.54) is 11.8 Å². The van der Waals surface area contributed by atoms with Crippen LogP contribution in [0.5, 0.6) is 0 Å². The zero-order valence-electron chi connectivity index (χ0n) is 8.73. The standard InChI is InChI=1S/C8H15N3O2S2/c1-5-7(15(9,12)13)14-8(10-2)11(5)6-3-4-6/h6,8,10H,3-4H2,1-2H3,(H2,9,12,13). The number of nitrogens with one attached hydrogen (secondary N) is 1. The van der Waals surface area contributed by atoms with E-state index >= 15 is 0 Å². The van der Waals surface area contributed by atoms with Crippen LogP contribution in [-0.2, 0) is 10.0 Å². The summed E-state index contributed by atoms with van der Waals surface area (Å²) in [4.78, 5) is 2.12. The Bertz CT molecular complexity index is 400. The molecule has 0 spiro atoms. The van der Waals surface area contributed by atoms with E-state index in [0.717, 1.165) is 18.5 Å². The molecule has 7 heteroatoms. The van der Waals surface area contributed by atoms with Gasteiger partial charge in [0.2, 0.25) is 10.0 Å². The average molecular weight is 249 g/mol. The van der Waals surface area contributed by atoms with Gasteiger partial charge in [-0.15, -0.1) is 0 Å². The number of allylic oxidation sites excluding steroid dienone is 1. The monoisotopic (exact) mass is 249 g/mol. The van der Waals surface area contributed by atoms with Crippen molar-refractivity contribution in [3.63, 3.8) is 0 Å². The molecule has 1 unspecified atom stereocenters. The molecule has 0 aromatic rings. The van der Waals surface area contributed by atoms with E-state index in [2.05, 4.69) is 10.2 Å². The summed E-state index contributed by atoms with van der Waals surface area (Å²) in [7, 11) is -1.75. The molecule has 1 saturated carbocycles. The Morgan fingerprint density at radius 1 is 1.53 bits per heavy atom. The van der Waals surface area contributed by atoms with Gasteiger partial charge in [0.1, 0.15) is 9.73 Å². The maximum atomic E-state index is 11.3. The Hall–Kier alpha value is -0.240. The van der Waals surface area contributed by atoms with Gasteiger partial charge in [-0.1, -0.05) is 11.8 Å². The van der Waals surface area contributed by atoms with Crippen LogP contribution in [0, 0.1) is 0 Å². The summed E-state index contributed by atoms with van der Waals surface area (Å²) < 4.78 is 23.0. The maximum absolute atomic E-state index is 11.3. The third-order valence-electron chi connectivity index (χ3n) is 2.60. The highest BCUT2D eigenvalue weighted by molar-refractivity contribution is 8.18. The predicted octanol–water partition coefficient (Wildman–Crippen LogP) is 0.178. The summed E-state index contributed by atoms with van der Waals surface area (Å²) >= 11 is 1.28. The first-order valence-electron chi connectivity index (χ1n) is 4.81. The van der Waals surface area contributed by atoms with Gasteiger partial charge < -0.3 is 4.90 Å². The van der Waals surface area contributed by atoms with Crippen LogP contribution in [0.3, 0.4) is 0 Å². The van der Waals surface area contributed by atoms with E-state index in [9.17, 15) is 8.42 Å². The van der Waals surface area contributed by atoms with Crippen LogP contribution < -0.4 is 10.5 Å². The number of nitrogens with zero attached hydrogens (tertiary/aromatic N) is 1. The van der Waals surface area contributed by atoms with E-state index in [0.29, 0.717) is 10.3 Å². The first-order valence-corrected chi connectivity index (χ1v) is 7.23. The summed E-state index contributed by atoms with van der Waals surface area (Å²) in [5.41, 5.74) is 0.787. The van der Waals surface area contributed by atoms with Crippen LogP contribution in [0.4, 0.5) is 0 Å². The molecule has 15 heavy (non-hydrogen) atoms. The molecule has 0 bridgehead atoms.